The van der Waals surface area contributed by atoms with Crippen molar-refractivity contribution in [1.29, 1.82) is 0 Å². The van der Waals surface area contributed by atoms with E-state index in [1.807, 2.05) is 48.5 Å². The number of aromatic hydroxyl groups is 1. The zero-order valence-electron chi connectivity index (χ0n) is 15.6. The van der Waals surface area contributed by atoms with Crippen molar-refractivity contribution in [2.24, 2.45) is 5.10 Å². The molecular weight excluding hydrogens is 388 g/mol. The van der Waals surface area contributed by atoms with Gasteiger partial charge in [-0.25, -0.2) is 5.10 Å². The fourth-order valence-corrected chi connectivity index (χ4v) is 3.11. The minimum Gasteiger partial charge on any atom is -0.507 e. The van der Waals surface area contributed by atoms with Crippen molar-refractivity contribution >= 4 is 29.2 Å². The first kappa shape index (κ1) is 18.7. The molecule has 3 aromatic carbocycles. The van der Waals surface area contributed by atoms with Gasteiger partial charge in [0.1, 0.15) is 23.9 Å². The van der Waals surface area contributed by atoms with Crippen molar-refractivity contribution in [1.82, 2.24) is 14.9 Å². The van der Waals surface area contributed by atoms with Gasteiger partial charge in [0.05, 0.1) is 13.3 Å². The van der Waals surface area contributed by atoms with Crippen LogP contribution in [0.2, 0.25) is 0 Å². The van der Waals surface area contributed by atoms with Crippen LogP contribution in [0.1, 0.15) is 11.4 Å². The minimum atomic E-state index is 0.136. The summed E-state index contributed by atoms with van der Waals surface area (Å²) in [5, 5.41) is 23.5. The van der Waals surface area contributed by atoms with E-state index >= 15 is 0 Å². The first-order chi connectivity index (χ1) is 14.2. The van der Waals surface area contributed by atoms with Crippen molar-refractivity contribution < 1.29 is 14.6 Å². The average molecular weight is 406 g/mol. The number of phenolic OH excluding ortho intramolecular Hbond substituents is 1. The number of aromatic nitrogens is 3. The number of rotatable bonds is 6. The van der Waals surface area contributed by atoms with Gasteiger partial charge in [0.15, 0.2) is 5.82 Å². The van der Waals surface area contributed by atoms with E-state index in [1.54, 1.807) is 25.5 Å². The van der Waals surface area contributed by atoms with E-state index < -0.39 is 0 Å². The van der Waals surface area contributed by atoms with Crippen LogP contribution in [0, 0.1) is 4.77 Å². The summed E-state index contributed by atoms with van der Waals surface area (Å²) in [7, 11) is 1.60. The molecule has 0 aliphatic carbocycles. The topological polar surface area (TPSA) is 84.7 Å². The van der Waals surface area contributed by atoms with Crippen LogP contribution in [0.25, 0.3) is 10.8 Å². The molecule has 7 nitrogen and oxygen atoms in total. The van der Waals surface area contributed by atoms with Crippen LogP contribution in [0.15, 0.2) is 65.8 Å². The molecule has 146 valence electrons. The predicted octanol–water partition coefficient (Wildman–Crippen LogP) is 4.27. The second-order valence-electron chi connectivity index (χ2n) is 6.19. The Morgan fingerprint density at radius 3 is 2.83 bits per heavy atom. The van der Waals surface area contributed by atoms with Crippen molar-refractivity contribution in [3.63, 3.8) is 0 Å². The molecule has 8 heteroatoms. The van der Waals surface area contributed by atoms with Crippen LogP contribution in [-0.4, -0.2) is 33.3 Å². The van der Waals surface area contributed by atoms with Gasteiger partial charge < -0.3 is 14.6 Å². The summed E-state index contributed by atoms with van der Waals surface area (Å²) in [5.74, 6) is 1.97. The molecule has 0 aliphatic heterocycles. The highest BCUT2D eigenvalue weighted by molar-refractivity contribution is 7.71. The third-order valence-corrected chi connectivity index (χ3v) is 4.64. The fraction of sp³-hybridized carbons (Fsp3) is 0.0952. The van der Waals surface area contributed by atoms with Gasteiger partial charge in [0.25, 0.3) is 0 Å². The highest BCUT2D eigenvalue weighted by atomic mass is 32.1. The Morgan fingerprint density at radius 2 is 1.97 bits per heavy atom. The number of nitrogens with zero attached hydrogens (tertiary/aromatic N) is 3. The molecule has 2 N–H and O–H groups in total. The highest BCUT2D eigenvalue weighted by Crippen LogP contribution is 2.25. The summed E-state index contributed by atoms with van der Waals surface area (Å²) in [6.45, 7) is 0.152. The summed E-state index contributed by atoms with van der Waals surface area (Å²) in [5.41, 5.74) is 0.603. The predicted molar refractivity (Wildman–Crippen MR) is 113 cm³/mol. The van der Waals surface area contributed by atoms with Crippen LogP contribution in [-0.2, 0) is 6.61 Å². The molecule has 0 bridgehead atoms. The van der Waals surface area contributed by atoms with Gasteiger partial charge in [0.2, 0.25) is 4.77 Å². The third kappa shape index (κ3) is 3.97. The molecule has 0 fully saturated rings. The monoisotopic (exact) mass is 406 g/mol. The number of H-pyrrole nitrogens is 1. The molecule has 0 saturated carbocycles. The van der Waals surface area contributed by atoms with Gasteiger partial charge in [-0.05, 0) is 41.2 Å². The molecule has 0 saturated heterocycles. The van der Waals surface area contributed by atoms with Crippen LogP contribution in [0.5, 0.6) is 17.2 Å². The van der Waals surface area contributed by atoms with E-state index in [1.165, 1.54) is 4.68 Å². The Balaban J connectivity index is 1.61. The lowest BCUT2D eigenvalue weighted by Crippen LogP contribution is -2.04. The molecule has 0 atom stereocenters. The van der Waals surface area contributed by atoms with Gasteiger partial charge >= 0.3 is 0 Å². The van der Waals surface area contributed by atoms with Gasteiger partial charge in [-0.3, -0.25) is 0 Å². The zero-order chi connectivity index (χ0) is 20.2. The Kier molecular flexibility index (Phi) is 5.26. The second kappa shape index (κ2) is 8.15. The molecule has 1 aromatic heterocycles. The number of methoxy groups -OCH3 is 1. The van der Waals surface area contributed by atoms with Gasteiger partial charge in [-0.1, -0.05) is 36.4 Å². The van der Waals surface area contributed by atoms with Crippen molar-refractivity contribution in [3.8, 4) is 17.2 Å². The number of phenols is 1. The normalized spacial score (nSPS) is 11.2. The number of fused-ring (bicyclic) bond motifs is 1. The molecule has 1 heterocycles. The molecule has 29 heavy (non-hydrogen) atoms. The highest BCUT2D eigenvalue weighted by Gasteiger charge is 2.09. The van der Waals surface area contributed by atoms with E-state index in [9.17, 15) is 5.11 Å². The van der Waals surface area contributed by atoms with E-state index in [4.69, 9.17) is 21.7 Å². The largest absolute Gasteiger partial charge is 0.507 e. The number of benzene rings is 3. The second-order valence-corrected chi connectivity index (χ2v) is 6.58. The maximum Gasteiger partial charge on any atom is 0.216 e. The lowest BCUT2D eigenvalue weighted by atomic mass is 10.0. The molecule has 0 spiro atoms. The van der Waals surface area contributed by atoms with Crippen molar-refractivity contribution in [3.05, 3.63) is 76.8 Å². The standard InChI is InChI=1S/C21H18N4O3S/c1-27-15-6-4-7-16(11-15)28-13-20-23-24-21(29)25(20)22-12-18-17-8-3-2-5-14(17)9-10-19(18)26/h2-12,26H,13H2,1H3,(H,24,29)/b22-12+. The Bertz CT molecular complexity index is 1250. The summed E-state index contributed by atoms with van der Waals surface area (Å²) >= 11 is 5.28. The van der Waals surface area contributed by atoms with Crippen LogP contribution >= 0.6 is 12.2 Å². The maximum atomic E-state index is 10.3. The summed E-state index contributed by atoms with van der Waals surface area (Å²) in [6.07, 6.45) is 1.57. The summed E-state index contributed by atoms with van der Waals surface area (Å²) in [4.78, 5) is 0. The molecule has 0 aliphatic rings. The molecule has 0 amide bonds. The first-order valence-corrected chi connectivity index (χ1v) is 9.25. The lowest BCUT2D eigenvalue weighted by Gasteiger charge is -2.07. The summed E-state index contributed by atoms with van der Waals surface area (Å²) < 4.78 is 12.8. The fourth-order valence-electron chi connectivity index (χ4n) is 2.91. The Hall–Kier alpha value is -3.65. The zero-order valence-corrected chi connectivity index (χ0v) is 16.4. The molecule has 0 unspecified atom stereocenters. The number of aromatic amines is 1. The van der Waals surface area contributed by atoms with E-state index in [0.29, 0.717) is 27.7 Å². The van der Waals surface area contributed by atoms with Crippen LogP contribution in [0.4, 0.5) is 0 Å². The van der Waals surface area contributed by atoms with Crippen molar-refractivity contribution in [2.75, 3.05) is 7.11 Å². The maximum absolute atomic E-state index is 10.3. The van der Waals surface area contributed by atoms with Crippen molar-refractivity contribution in [2.45, 2.75) is 6.61 Å². The molecule has 0 radical (unpaired) electrons. The lowest BCUT2D eigenvalue weighted by molar-refractivity contribution is 0.288. The molecule has 4 rings (SSSR count). The first-order valence-electron chi connectivity index (χ1n) is 8.84. The molecular formula is C21H18N4O3S. The number of ether oxygens (including phenoxy) is 2. The van der Waals surface area contributed by atoms with E-state index in [2.05, 4.69) is 15.3 Å². The van der Waals surface area contributed by atoms with Gasteiger partial charge in [0, 0.05) is 11.6 Å². The molecule has 4 aromatic rings. The van der Waals surface area contributed by atoms with Gasteiger partial charge in [-0.15, -0.1) is 0 Å². The Labute approximate surface area is 171 Å². The summed E-state index contributed by atoms with van der Waals surface area (Å²) in [6, 6.07) is 18.5. The SMILES string of the molecule is COc1cccc(OCc2n[nH]c(=S)n2/N=C/c2c(O)ccc3ccccc23)c1. The van der Waals surface area contributed by atoms with Crippen LogP contribution < -0.4 is 9.47 Å². The Morgan fingerprint density at radius 1 is 1.14 bits per heavy atom. The number of hydrogen-bond donors (Lipinski definition) is 2. The van der Waals surface area contributed by atoms with E-state index in [-0.39, 0.29) is 12.4 Å². The third-order valence-electron chi connectivity index (χ3n) is 4.38. The number of hydrogen-bond acceptors (Lipinski definition) is 6. The van der Waals surface area contributed by atoms with Gasteiger partial charge in [-0.2, -0.15) is 14.9 Å². The minimum absolute atomic E-state index is 0.136. The smallest absolute Gasteiger partial charge is 0.216 e. The van der Waals surface area contributed by atoms with Crippen LogP contribution in [0.3, 0.4) is 0 Å². The van der Waals surface area contributed by atoms with E-state index in [0.717, 1.165) is 10.8 Å². The number of nitrogens with one attached hydrogen (secondary N) is 1. The quantitative estimate of drug-likeness (QED) is 0.369. The average Bonchev–Trinajstić information content (AvgIpc) is 3.11.